The minimum atomic E-state index is -4.89. The van der Waals surface area contributed by atoms with Crippen molar-refractivity contribution in [2.75, 3.05) is 84.5 Å². The van der Waals surface area contributed by atoms with Crippen LogP contribution in [0.5, 0.6) is 11.5 Å². The molecule has 4 aromatic carbocycles. The van der Waals surface area contributed by atoms with E-state index in [2.05, 4.69) is 0 Å². The first kappa shape index (κ1) is 48.2. The van der Waals surface area contributed by atoms with Gasteiger partial charge in [0.15, 0.2) is 31.2 Å². The number of ether oxygens (including phenoxy) is 2. The van der Waals surface area contributed by atoms with Gasteiger partial charge >= 0.3 is 12.4 Å². The summed E-state index contributed by atoms with van der Waals surface area (Å²) in [5, 5.41) is 0. The standard InChI is InChI=1S/C43H46F8N4O7S2/c1-25(2)61-40-31(21-29(63(5,57)58)23-37(40)54-15-11-52(12-16-54)27-7-9-33(35(44)19-27)42(46,47)48)39(56)32-22-30(64(6,59)60)24-38(41(32)62-26(3)4)55-17-13-53(14-18-55)28-8-10-34(36(45)20-28)43(49,50)51/h7-10,19-26H,11-18H2,1-6H3. The van der Waals surface area contributed by atoms with Crippen molar-refractivity contribution in [1.82, 2.24) is 0 Å². The third-order valence-corrected chi connectivity index (χ3v) is 12.8. The molecule has 0 aliphatic carbocycles. The molecule has 2 saturated heterocycles. The summed E-state index contributed by atoms with van der Waals surface area (Å²) < 4.78 is 174. The second kappa shape index (κ2) is 17.9. The maximum absolute atomic E-state index is 15.2. The molecule has 0 aromatic heterocycles. The zero-order valence-electron chi connectivity index (χ0n) is 35.6. The number of ketones is 1. The van der Waals surface area contributed by atoms with Crippen LogP contribution in [0.4, 0.5) is 57.9 Å². The summed E-state index contributed by atoms with van der Waals surface area (Å²) in [5.74, 6) is -3.82. The lowest BCUT2D eigenvalue weighted by Crippen LogP contribution is -2.47. The van der Waals surface area contributed by atoms with Gasteiger partial charge in [-0.2, -0.15) is 26.3 Å². The lowest BCUT2D eigenvalue weighted by atomic mass is 9.98. The molecular weight excluding hydrogens is 901 g/mol. The van der Waals surface area contributed by atoms with E-state index in [1.165, 1.54) is 12.1 Å². The number of hydrogen-bond donors (Lipinski definition) is 0. The number of halogens is 8. The largest absolute Gasteiger partial charge is 0.488 e. The zero-order valence-corrected chi connectivity index (χ0v) is 37.2. The van der Waals surface area contributed by atoms with Gasteiger partial charge in [-0.15, -0.1) is 0 Å². The molecular formula is C43H46F8N4O7S2. The highest BCUT2D eigenvalue weighted by Gasteiger charge is 2.37. The molecule has 4 aromatic rings. The van der Waals surface area contributed by atoms with Crippen molar-refractivity contribution in [1.29, 1.82) is 0 Å². The number of benzene rings is 4. The Balaban J connectivity index is 1.42. The number of rotatable bonds is 12. The SMILES string of the molecule is CC(C)Oc1c(C(=O)c2cc(S(C)(=O)=O)cc(N3CCN(c4ccc(C(F)(F)F)c(F)c4)CC3)c2OC(C)C)cc(S(C)(=O)=O)cc1N1CCN(c2ccc(C(F)(F)F)c(F)c2)CC1. The molecule has 2 heterocycles. The van der Waals surface area contributed by atoms with Gasteiger partial charge in [0.05, 0.1) is 55.6 Å². The average molecular weight is 947 g/mol. The number of nitrogens with zero attached hydrogens (tertiary/aromatic N) is 4. The van der Waals surface area contributed by atoms with Crippen LogP contribution in [0.1, 0.15) is 54.7 Å². The first-order valence-electron chi connectivity index (χ1n) is 20.0. The third-order valence-electron chi connectivity index (χ3n) is 10.6. The summed E-state index contributed by atoms with van der Waals surface area (Å²) >= 11 is 0. The van der Waals surface area contributed by atoms with Crippen LogP contribution in [0.2, 0.25) is 0 Å². The molecule has 348 valence electrons. The van der Waals surface area contributed by atoms with Gasteiger partial charge < -0.3 is 29.1 Å². The van der Waals surface area contributed by atoms with Crippen LogP contribution in [0.3, 0.4) is 0 Å². The summed E-state index contributed by atoms with van der Waals surface area (Å²) in [6.45, 7) is 7.77. The van der Waals surface area contributed by atoms with Crippen molar-refractivity contribution in [2.45, 2.75) is 62.0 Å². The minimum absolute atomic E-state index is 0.0411. The van der Waals surface area contributed by atoms with Crippen molar-refractivity contribution in [3.05, 3.63) is 94.6 Å². The molecule has 0 bridgehead atoms. The van der Waals surface area contributed by atoms with E-state index in [0.29, 0.717) is 12.1 Å². The molecule has 11 nitrogen and oxygen atoms in total. The maximum Gasteiger partial charge on any atom is 0.419 e. The van der Waals surface area contributed by atoms with Crippen LogP contribution in [0.25, 0.3) is 0 Å². The molecule has 2 fully saturated rings. The summed E-state index contributed by atoms with van der Waals surface area (Å²) in [5.41, 5.74) is -2.57. The molecule has 6 rings (SSSR count). The molecule has 0 unspecified atom stereocenters. The van der Waals surface area contributed by atoms with Gasteiger partial charge in [0.1, 0.15) is 11.6 Å². The van der Waals surface area contributed by atoms with Crippen LogP contribution < -0.4 is 29.1 Å². The van der Waals surface area contributed by atoms with E-state index in [4.69, 9.17) is 9.47 Å². The Hall–Kier alpha value is -5.31. The Labute approximate surface area is 366 Å². The topological polar surface area (TPSA) is 117 Å². The van der Waals surface area contributed by atoms with Crippen molar-refractivity contribution in [3.8, 4) is 11.5 Å². The zero-order chi connectivity index (χ0) is 47.3. The Morgan fingerprint density at radius 1 is 0.531 bits per heavy atom. The van der Waals surface area contributed by atoms with Crippen LogP contribution in [-0.4, -0.2) is 99.7 Å². The van der Waals surface area contributed by atoms with Crippen molar-refractivity contribution in [2.24, 2.45) is 0 Å². The van der Waals surface area contributed by atoms with Crippen molar-refractivity contribution < 1.29 is 66.2 Å². The average Bonchev–Trinajstić information content (AvgIpc) is 3.18. The van der Waals surface area contributed by atoms with Crippen LogP contribution in [-0.2, 0) is 32.0 Å². The van der Waals surface area contributed by atoms with Gasteiger partial charge in [0, 0.05) is 76.2 Å². The van der Waals surface area contributed by atoms with Crippen molar-refractivity contribution in [3.63, 3.8) is 0 Å². The Morgan fingerprint density at radius 3 is 1.11 bits per heavy atom. The molecule has 0 atom stereocenters. The number of anilines is 4. The second-order valence-corrected chi connectivity index (χ2v) is 20.1. The van der Waals surface area contributed by atoms with Crippen LogP contribution in [0.15, 0.2) is 70.5 Å². The van der Waals surface area contributed by atoms with Crippen LogP contribution >= 0.6 is 0 Å². The molecule has 0 radical (unpaired) electrons. The lowest BCUT2D eigenvalue weighted by Gasteiger charge is -2.39. The second-order valence-electron chi connectivity index (χ2n) is 16.1. The monoisotopic (exact) mass is 946 g/mol. The van der Waals surface area contributed by atoms with Gasteiger partial charge in [-0.05, 0) is 88.4 Å². The number of carbonyl (C=O) groups excluding carboxylic acids is 1. The lowest BCUT2D eigenvalue weighted by molar-refractivity contribution is -0.140. The van der Waals surface area contributed by atoms with E-state index < -0.39 is 72.8 Å². The molecule has 64 heavy (non-hydrogen) atoms. The van der Waals surface area contributed by atoms with E-state index in [-0.39, 0.29) is 108 Å². The van der Waals surface area contributed by atoms with E-state index in [0.717, 1.165) is 48.9 Å². The highest BCUT2D eigenvalue weighted by molar-refractivity contribution is 7.91. The van der Waals surface area contributed by atoms with Gasteiger partial charge in [-0.25, -0.2) is 25.6 Å². The highest BCUT2D eigenvalue weighted by atomic mass is 32.2. The third kappa shape index (κ3) is 10.6. The molecule has 21 heteroatoms. The summed E-state index contributed by atoms with van der Waals surface area (Å²) in [4.78, 5) is 21.4. The fourth-order valence-corrected chi connectivity index (χ4v) is 8.86. The van der Waals surface area contributed by atoms with Gasteiger partial charge in [-0.1, -0.05) is 0 Å². The fraction of sp³-hybridized carbons (Fsp3) is 0.419. The molecule has 0 saturated carbocycles. The Kier molecular flexibility index (Phi) is 13.5. The predicted octanol–water partition coefficient (Wildman–Crippen LogP) is 8.27. The highest BCUT2D eigenvalue weighted by Crippen LogP contribution is 2.43. The van der Waals surface area contributed by atoms with E-state index in [1.54, 1.807) is 47.3 Å². The molecule has 0 amide bonds. The van der Waals surface area contributed by atoms with E-state index in [9.17, 15) is 52.0 Å². The van der Waals surface area contributed by atoms with E-state index in [1.807, 2.05) is 0 Å². The number of alkyl halides is 6. The smallest absolute Gasteiger partial charge is 0.419 e. The first-order valence-corrected chi connectivity index (χ1v) is 23.8. The molecule has 2 aliphatic rings. The fourth-order valence-electron chi connectivity index (χ4n) is 7.55. The summed E-state index contributed by atoms with van der Waals surface area (Å²) in [6, 6.07) is 10.2. The maximum atomic E-state index is 15.2. The molecule has 2 aliphatic heterocycles. The van der Waals surface area contributed by atoms with Gasteiger partial charge in [-0.3, -0.25) is 4.79 Å². The summed E-state index contributed by atoms with van der Waals surface area (Å²) in [7, 11) is -8.09. The minimum Gasteiger partial charge on any atom is -0.488 e. The predicted molar refractivity (Wildman–Crippen MR) is 226 cm³/mol. The normalized spacial score (nSPS) is 15.6. The van der Waals surface area contributed by atoms with Crippen molar-refractivity contribution >= 4 is 48.2 Å². The summed E-state index contributed by atoms with van der Waals surface area (Å²) in [6.07, 6.45) is -9.08. The molecule has 0 spiro atoms. The van der Waals surface area contributed by atoms with Crippen LogP contribution in [0, 0.1) is 11.6 Å². The number of piperazine rings is 2. The van der Waals surface area contributed by atoms with E-state index >= 15 is 4.79 Å². The first-order chi connectivity index (χ1) is 29.6. The number of carbonyl (C=O) groups is 1. The quantitative estimate of drug-likeness (QED) is 0.101. The number of sulfone groups is 2. The van der Waals surface area contributed by atoms with Gasteiger partial charge in [0.25, 0.3) is 0 Å². The van der Waals surface area contributed by atoms with Gasteiger partial charge in [0.2, 0.25) is 5.78 Å². The Morgan fingerprint density at radius 2 is 0.844 bits per heavy atom. The Bertz CT molecular complexity index is 2460. The number of hydrogen-bond acceptors (Lipinski definition) is 11. The molecule has 0 N–H and O–H groups in total.